The summed E-state index contributed by atoms with van der Waals surface area (Å²) in [5.74, 6) is -0.720. The third-order valence-corrected chi connectivity index (χ3v) is 3.94. The highest BCUT2D eigenvalue weighted by atomic mass is 16.4. The lowest BCUT2D eigenvalue weighted by molar-refractivity contribution is 0.0698. The molecule has 2 aliphatic rings. The minimum Gasteiger partial charge on any atom is -0.478 e. The molecular weight excluding hydrogens is 260 g/mol. The zero-order valence-electron chi connectivity index (χ0n) is 11.8. The van der Waals surface area contributed by atoms with Crippen LogP contribution in [0.2, 0.25) is 0 Å². The number of rotatable bonds is 3. The molecule has 0 radical (unpaired) electrons. The van der Waals surface area contributed by atoms with Crippen LogP contribution in [0.15, 0.2) is 66.7 Å². The molecule has 1 aromatic rings. The van der Waals surface area contributed by atoms with Crippen LogP contribution in [0.3, 0.4) is 0 Å². The van der Waals surface area contributed by atoms with Crippen LogP contribution in [0.4, 0.5) is 0 Å². The number of benzene rings is 1. The first-order chi connectivity index (χ1) is 10.2. The summed E-state index contributed by atoms with van der Waals surface area (Å²) in [6.45, 7) is 2.11. The Labute approximate surface area is 124 Å². The minimum atomic E-state index is -0.877. The Morgan fingerprint density at radius 1 is 0.905 bits per heavy atom. The second kappa shape index (κ2) is 5.41. The first kappa shape index (κ1) is 13.4. The average Bonchev–Trinajstić information content (AvgIpc) is 2.69. The predicted molar refractivity (Wildman–Crippen MR) is 84.0 cm³/mol. The van der Waals surface area contributed by atoms with Crippen LogP contribution in [-0.4, -0.2) is 11.1 Å². The van der Waals surface area contributed by atoms with Gasteiger partial charge in [0.25, 0.3) is 0 Å². The Balaban J connectivity index is 2.18. The Hall–Kier alpha value is -2.61. The van der Waals surface area contributed by atoms with Gasteiger partial charge in [-0.05, 0) is 28.3 Å². The van der Waals surface area contributed by atoms with E-state index >= 15 is 0 Å². The fourth-order valence-corrected chi connectivity index (χ4v) is 2.80. The van der Waals surface area contributed by atoms with E-state index in [1.807, 2.05) is 54.6 Å². The van der Waals surface area contributed by atoms with E-state index in [-0.39, 0.29) is 5.92 Å². The van der Waals surface area contributed by atoms with Crippen LogP contribution in [0.5, 0.6) is 0 Å². The third kappa shape index (κ3) is 2.40. The molecular formula is C19H16O2. The monoisotopic (exact) mass is 276 g/mol. The molecule has 1 N–H and O–H groups in total. The van der Waals surface area contributed by atoms with E-state index < -0.39 is 5.97 Å². The number of carbonyl (C=O) groups is 1. The van der Waals surface area contributed by atoms with Crippen LogP contribution in [0, 0.1) is 0 Å². The molecule has 0 bridgehead atoms. The first-order valence-electron chi connectivity index (χ1n) is 6.98. The van der Waals surface area contributed by atoms with E-state index in [2.05, 4.69) is 19.1 Å². The summed E-state index contributed by atoms with van der Waals surface area (Å²) in [5, 5.41) is 9.43. The Morgan fingerprint density at radius 2 is 1.48 bits per heavy atom. The molecule has 0 aliphatic heterocycles. The molecule has 1 atom stereocenters. The first-order valence-corrected chi connectivity index (χ1v) is 6.98. The van der Waals surface area contributed by atoms with Crippen LogP contribution in [-0.2, 0) is 0 Å². The van der Waals surface area contributed by atoms with Gasteiger partial charge < -0.3 is 5.11 Å². The zero-order valence-corrected chi connectivity index (χ0v) is 11.8. The normalized spacial score (nSPS) is 12.2. The number of hydrogen-bond donors (Lipinski definition) is 1. The summed E-state index contributed by atoms with van der Waals surface area (Å²) in [7, 11) is 0. The Kier molecular flexibility index (Phi) is 3.44. The second-order valence-electron chi connectivity index (χ2n) is 5.19. The molecule has 2 heteroatoms. The lowest BCUT2D eigenvalue weighted by atomic mass is 9.92. The molecule has 0 heterocycles. The summed E-state index contributed by atoms with van der Waals surface area (Å²) in [6.07, 6.45) is 0. The highest BCUT2D eigenvalue weighted by molar-refractivity contribution is 5.99. The van der Waals surface area contributed by atoms with Gasteiger partial charge in [0.15, 0.2) is 0 Å². The van der Waals surface area contributed by atoms with Crippen molar-refractivity contribution in [2.75, 3.05) is 0 Å². The smallest absolute Gasteiger partial charge is 0.336 e. The van der Waals surface area contributed by atoms with Crippen LogP contribution < -0.4 is 0 Å². The molecule has 3 rings (SSSR count). The summed E-state index contributed by atoms with van der Waals surface area (Å²) in [5.41, 5.74) is 4.43. The third-order valence-electron chi connectivity index (χ3n) is 3.94. The molecule has 0 aromatic heterocycles. The van der Waals surface area contributed by atoms with Gasteiger partial charge in [0.05, 0.1) is 5.56 Å². The Bertz CT molecular complexity index is 747. The van der Waals surface area contributed by atoms with Crippen molar-refractivity contribution in [1.82, 2.24) is 0 Å². The molecule has 0 fully saturated rings. The van der Waals surface area contributed by atoms with Gasteiger partial charge in [0.1, 0.15) is 0 Å². The maximum Gasteiger partial charge on any atom is 0.336 e. The minimum absolute atomic E-state index is 0.157. The molecule has 0 spiro atoms. The average molecular weight is 276 g/mol. The van der Waals surface area contributed by atoms with Gasteiger partial charge in [0, 0.05) is 5.92 Å². The van der Waals surface area contributed by atoms with E-state index in [4.69, 9.17) is 0 Å². The molecule has 0 amide bonds. The number of carboxylic acids is 1. The van der Waals surface area contributed by atoms with Crippen molar-refractivity contribution in [3.05, 3.63) is 83.4 Å². The predicted octanol–water partition coefficient (Wildman–Crippen LogP) is 4.64. The van der Waals surface area contributed by atoms with E-state index in [0.29, 0.717) is 5.56 Å². The number of carboxylic acid groups (broad SMARTS) is 1. The number of hydrogen-bond acceptors (Lipinski definition) is 1. The van der Waals surface area contributed by atoms with E-state index in [1.54, 1.807) is 0 Å². The molecule has 2 nitrogen and oxygen atoms in total. The van der Waals surface area contributed by atoms with Gasteiger partial charge in [-0.15, -0.1) is 0 Å². The quantitative estimate of drug-likeness (QED) is 0.756. The molecule has 1 aromatic carbocycles. The van der Waals surface area contributed by atoms with Gasteiger partial charge >= 0.3 is 5.97 Å². The molecule has 21 heavy (non-hydrogen) atoms. The summed E-state index contributed by atoms with van der Waals surface area (Å²) in [4.78, 5) is 11.5. The van der Waals surface area contributed by atoms with Crippen molar-refractivity contribution in [3.8, 4) is 11.1 Å². The fourth-order valence-electron chi connectivity index (χ4n) is 2.80. The largest absolute Gasteiger partial charge is 0.478 e. The highest BCUT2D eigenvalue weighted by Gasteiger charge is 2.22. The molecule has 2 aliphatic carbocycles. The topological polar surface area (TPSA) is 37.3 Å². The van der Waals surface area contributed by atoms with E-state index in [0.717, 1.165) is 16.7 Å². The molecule has 104 valence electrons. The maximum absolute atomic E-state index is 11.5. The summed E-state index contributed by atoms with van der Waals surface area (Å²) in [6, 6.07) is 21.6. The highest BCUT2D eigenvalue weighted by Crippen LogP contribution is 2.38. The lowest BCUT2D eigenvalue weighted by Gasteiger charge is -2.12. The summed E-state index contributed by atoms with van der Waals surface area (Å²) >= 11 is 0. The number of aromatic carboxylic acids is 1. The van der Waals surface area contributed by atoms with E-state index in [1.165, 1.54) is 5.56 Å². The van der Waals surface area contributed by atoms with Crippen LogP contribution in [0.1, 0.15) is 34.3 Å². The van der Waals surface area contributed by atoms with Crippen molar-refractivity contribution in [2.45, 2.75) is 12.8 Å². The molecule has 0 unspecified atom stereocenters. The SMILES string of the molecule is C[C@@H](c1ccccc1)c1cc(C(=O)O)c2cccccc1-2. The van der Waals surface area contributed by atoms with Crippen molar-refractivity contribution in [3.63, 3.8) is 0 Å². The molecule has 0 saturated heterocycles. The number of fused-ring (bicyclic) bond motifs is 1. The second-order valence-corrected chi connectivity index (χ2v) is 5.19. The lowest BCUT2D eigenvalue weighted by Crippen LogP contribution is -1.95. The van der Waals surface area contributed by atoms with Gasteiger partial charge in [-0.2, -0.15) is 0 Å². The van der Waals surface area contributed by atoms with E-state index in [9.17, 15) is 9.90 Å². The molecule has 0 saturated carbocycles. The zero-order chi connectivity index (χ0) is 14.8. The van der Waals surface area contributed by atoms with Gasteiger partial charge in [-0.3, -0.25) is 0 Å². The van der Waals surface area contributed by atoms with Crippen molar-refractivity contribution >= 4 is 5.97 Å². The fraction of sp³-hybridized carbons (Fsp3) is 0.105. The van der Waals surface area contributed by atoms with Crippen molar-refractivity contribution < 1.29 is 9.90 Å². The van der Waals surface area contributed by atoms with Gasteiger partial charge in [0.2, 0.25) is 0 Å². The van der Waals surface area contributed by atoms with Crippen LogP contribution in [0.25, 0.3) is 11.1 Å². The van der Waals surface area contributed by atoms with Crippen molar-refractivity contribution in [1.29, 1.82) is 0 Å². The maximum atomic E-state index is 11.5. The summed E-state index contributed by atoms with van der Waals surface area (Å²) < 4.78 is 0. The van der Waals surface area contributed by atoms with Crippen molar-refractivity contribution in [2.24, 2.45) is 0 Å². The van der Waals surface area contributed by atoms with Crippen LogP contribution >= 0.6 is 0 Å². The Morgan fingerprint density at radius 3 is 2.10 bits per heavy atom. The standard InChI is InChI=1S/C19H16O2/c1-13(14-8-4-2-5-9-14)17-12-18(19(20)21)16-11-7-3-6-10-15(16)17/h2-13H,1H3,(H,20,21)/t13-/m0/s1. The van der Waals surface area contributed by atoms with Gasteiger partial charge in [-0.25, -0.2) is 4.79 Å². The van der Waals surface area contributed by atoms with Gasteiger partial charge in [-0.1, -0.05) is 67.6 Å².